The van der Waals surface area contributed by atoms with E-state index in [1.165, 1.54) is 0 Å². The Labute approximate surface area is 130 Å². The minimum Gasteiger partial charge on any atom is -0.481 e. The molecule has 0 fully saturated rings. The van der Waals surface area contributed by atoms with Crippen molar-refractivity contribution in [3.8, 4) is 0 Å². The minimum absolute atomic E-state index is 0.142. The summed E-state index contributed by atoms with van der Waals surface area (Å²) in [5.74, 6) is -0.957. The molecule has 116 valence electrons. The van der Waals surface area contributed by atoms with Crippen molar-refractivity contribution in [3.63, 3.8) is 0 Å². The second-order valence-electron chi connectivity index (χ2n) is 4.98. The lowest BCUT2D eigenvalue weighted by atomic mass is 10.1. The van der Waals surface area contributed by atoms with Gasteiger partial charge >= 0.3 is 17.7 Å². The van der Waals surface area contributed by atoms with Crippen LogP contribution in [0.25, 0.3) is 11.0 Å². The highest BCUT2D eigenvalue weighted by Gasteiger charge is 2.13. The number of aromatic amines is 1. The number of rotatable bonds is 3. The summed E-state index contributed by atoms with van der Waals surface area (Å²) < 4.78 is 0.999. The molecule has 3 N–H and O–H groups in total. The van der Waals surface area contributed by atoms with Gasteiger partial charge in [-0.25, -0.2) is 14.2 Å². The van der Waals surface area contributed by atoms with Gasteiger partial charge in [0, 0.05) is 5.69 Å². The van der Waals surface area contributed by atoms with E-state index < -0.39 is 17.7 Å². The molecule has 3 aromatic rings. The van der Waals surface area contributed by atoms with Crippen LogP contribution in [0.5, 0.6) is 0 Å². The average molecular weight is 311 g/mol. The third-order valence-corrected chi connectivity index (χ3v) is 3.33. The highest BCUT2D eigenvalue weighted by molar-refractivity contribution is 5.97. The SMILES string of the molecule is O=C(O)Cc1cccc(NC(=O)n2c(=O)[nH]c3ccccc32)c1. The van der Waals surface area contributed by atoms with Crippen molar-refractivity contribution in [2.24, 2.45) is 0 Å². The number of carboxylic acids is 1. The normalized spacial score (nSPS) is 10.6. The maximum absolute atomic E-state index is 12.4. The van der Waals surface area contributed by atoms with E-state index in [1.54, 1.807) is 48.5 Å². The van der Waals surface area contributed by atoms with Crippen LogP contribution in [0.15, 0.2) is 53.3 Å². The first-order valence-corrected chi connectivity index (χ1v) is 6.86. The molecule has 0 aliphatic heterocycles. The van der Waals surface area contributed by atoms with Crippen molar-refractivity contribution < 1.29 is 14.7 Å². The molecule has 0 saturated carbocycles. The molecule has 0 spiro atoms. The van der Waals surface area contributed by atoms with Crippen molar-refractivity contribution in [2.45, 2.75) is 6.42 Å². The molecular weight excluding hydrogens is 298 g/mol. The molecule has 7 nitrogen and oxygen atoms in total. The summed E-state index contributed by atoms with van der Waals surface area (Å²) in [6.07, 6.45) is -0.142. The largest absolute Gasteiger partial charge is 0.481 e. The fourth-order valence-corrected chi connectivity index (χ4v) is 2.37. The van der Waals surface area contributed by atoms with Crippen LogP contribution in [0.1, 0.15) is 5.56 Å². The Morgan fingerprint density at radius 2 is 1.91 bits per heavy atom. The number of hydrogen-bond donors (Lipinski definition) is 3. The molecule has 23 heavy (non-hydrogen) atoms. The summed E-state index contributed by atoms with van der Waals surface area (Å²) in [4.78, 5) is 37.7. The summed E-state index contributed by atoms with van der Waals surface area (Å²) in [6, 6.07) is 12.7. The molecule has 0 saturated heterocycles. The third kappa shape index (κ3) is 2.98. The van der Waals surface area contributed by atoms with E-state index in [-0.39, 0.29) is 6.42 Å². The molecule has 1 heterocycles. The summed E-state index contributed by atoms with van der Waals surface area (Å²) in [7, 11) is 0. The van der Waals surface area contributed by atoms with Crippen LogP contribution in [0.4, 0.5) is 10.5 Å². The number of aromatic nitrogens is 2. The number of carbonyl (C=O) groups is 2. The summed E-state index contributed by atoms with van der Waals surface area (Å²) in [5.41, 5.74) is 1.47. The van der Waals surface area contributed by atoms with Gasteiger partial charge in [0.15, 0.2) is 0 Å². The van der Waals surface area contributed by atoms with Gasteiger partial charge in [-0.2, -0.15) is 0 Å². The summed E-state index contributed by atoms with van der Waals surface area (Å²) in [5, 5.41) is 11.4. The zero-order chi connectivity index (χ0) is 16.4. The van der Waals surface area contributed by atoms with Crippen LogP contribution in [-0.2, 0) is 11.2 Å². The van der Waals surface area contributed by atoms with Crippen LogP contribution in [-0.4, -0.2) is 26.7 Å². The Morgan fingerprint density at radius 1 is 1.13 bits per heavy atom. The van der Waals surface area contributed by atoms with Crippen LogP contribution in [0.3, 0.4) is 0 Å². The zero-order valence-electron chi connectivity index (χ0n) is 11.9. The molecule has 1 aromatic heterocycles. The molecule has 2 aromatic carbocycles. The number of carboxylic acid groups (broad SMARTS) is 1. The van der Waals surface area contributed by atoms with Gasteiger partial charge in [0.25, 0.3) is 0 Å². The number of aliphatic carboxylic acids is 1. The predicted octanol–water partition coefficient (Wildman–Crippen LogP) is 2.04. The number of H-pyrrole nitrogens is 1. The van der Waals surface area contributed by atoms with E-state index in [0.717, 1.165) is 4.57 Å². The van der Waals surface area contributed by atoms with E-state index in [1.807, 2.05) is 0 Å². The lowest BCUT2D eigenvalue weighted by Crippen LogP contribution is -2.29. The molecule has 0 aliphatic rings. The standard InChI is InChI=1S/C16H13N3O4/c20-14(21)9-10-4-3-5-11(8-10)17-15(22)19-13-7-2-1-6-12(13)18-16(19)23/h1-8H,9H2,(H,17,22)(H,18,23)(H,20,21). The Kier molecular flexibility index (Phi) is 3.68. The highest BCUT2D eigenvalue weighted by Crippen LogP contribution is 2.13. The van der Waals surface area contributed by atoms with E-state index in [4.69, 9.17) is 5.11 Å². The van der Waals surface area contributed by atoms with Crippen molar-refractivity contribution in [1.29, 1.82) is 0 Å². The highest BCUT2D eigenvalue weighted by atomic mass is 16.4. The van der Waals surface area contributed by atoms with Gasteiger partial charge in [0.2, 0.25) is 0 Å². The van der Waals surface area contributed by atoms with Crippen LogP contribution in [0, 0.1) is 0 Å². The minimum atomic E-state index is -0.957. The molecule has 7 heteroatoms. The van der Waals surface area contributed by atoms with Gasteiger partial charge in [0.1, 0.15) is 0 Å². The molecule has 0 radical (unpaired) electrons. The number of carbonyl (C=O) groups excluding carboxylic acids is 1. The fourth-order valence-electron chi connectivity index (χ4n) is 2.37. The number of nitrogens with zero attached hydrogens (tertiary/aromatic N) is 1. The van der Waals surface area contributed by atoms with Crippen LogP contribution < -0.4 is 11.0 Å². The maximum atomic E-state index is 12.4. The van der Waals surface area contributed by atoms with Gasteiger partial charge in [-0.15, -0.1) is 0 Å². The Hall–Kier alpha value is -3.35. The zero-order valence-corrected chi connectivity index (χ0v) is 11.9. The first kappa shape index (κ1) is 14.6. The second kappa shape index (κ2) is 5.80. The Bertz CT molecular complexity index is 955. The predicted molar refractivity (Wildman–Crippen MR) is 84.8 cm³/mol. The molecule has 3 rings (SSSR count). The Balaban J connectivity index is 1.91. The van der Waals surface area contributed by atoms with Gasteiger partial charge < -0.3 is 15.4 Å². The van der Waals surface area contributed by atoms with Crippen LogP contribution >= 0.6 is 0 Å². The first-order chi connectivity index (χ1) is 11.0. The van der Waals surface area contributed by atoms with E-state index in [0.29, 0.717) is 22.3 Å². The Morgan fingerprint density at radius 3 is 2.70 bits per heavy atom. The van der Waals surface area contributed by atoms with E-state index in [9.17, 15) is 14.4 Å². The summed E-state index contributed by atoms with van der Waals surface area (Å²) in [6.45, 7) is 0. The van der Waals surface area contributed by atoms with Crippen molar-refractivity contribution in [1.82, 2.24) is 9.55 Å². The van der Waals surface area contributed by atoms with Gasteiger partial charge in [-0.05, 0) is 29.8 Å². The molecule has 0 atom stereocenters. The molecule has 0 unspecified atom stereocenters. The summed E-state index contributed by atoms with van der Waals surface area (Å²) >= 11 is 0. The van der Waals surface area contributed by atoms with Crippen molar-refractivity contribution >= 4 is 28.7 Å². The number of benzene rings is 2. The first-order valence-electron chi connectivity index (χ1n) is 6.86. The number of amides is 1. The van der Waals surface area contributed by atoms with Crippen molar-refractivity contribution in [3.05, 3.63) is 64.6 Å². The monoisotopic (exact) mass is 311 g/mol. The molecular formula is C16H13N3O4. The van der Waals surface area contributed by atoms with Gasteiger partial charge in [-0.3, -0.25) is 4.79 Å². The lowest BCUT2D eigenvalue weighted by molar-refractivity contribution is -0.136. The lowest BCUT2D eigenvalue weighted by Gasteiger charge is -2.07. The molecule has 1 amide bonds. The number of para-hydroxylation sites is 2. The second-order valence-corrected chi connectivity index (χ2v) is 4.98. The van der Waals surface area contributed by atoms with Gasteiger partial charge in [-0.1, -0.05) is 24.3 Å². The maximum Gasteiger partial charge on any atom is 0.334 e. The van der Waals surface area contributed by atoms with E-state index in [2.05, 4.69) is 10.3 Å². The average Bonchev–Trinajstić information content (AvgIpc) is 2.82. The van der Waals surface area contributed by atoms with Gasteiger partial charge in [0.05, 0.1) is 17.5 Å². The smallest absolute Gasteiger partial charge is 0.334 e. The number of imidazole rings is 1. The quantitative estimate of drug-likeness (QED) is 0.688. The van der Waals surface area contributed by atoms with Crippen molar-refractivity contribution in [2.75, 3.05) is 5.32 Å². The third-order valence-electron chi connectivity index (χ3n) is 3.33. The van der Waals surface area contributed by atoms with E-state index >= 15 is 0 Å². The number of nitrogens with one attached hydrogen (secondary N) is 2. The molecule has 0 aliphatic carbocycles. The number of hydrogen-bond acceptors (Lipinski definition) is 3. The topological polar surface area (TPSA) is 104 Å². The van der Waals surface area contributed by atoms with Crippen LogP contribution in [0.2, 0.25) is 0 Å². The number of anilines is 1. The fraction of sp³-hybridized carbons (Fsp3) is 0.0625. The molecule has 0 bridgehead atoms. The number of fused-ring (bicyclic) bond motifs is 1.